The Bertz CT molecular complexity index is 153. The van der Waals surface area contributed by atoms with Gasteiger partial charge in [0, 0.05) is 12.1 Å². The summed E-state index contributed by atoms with van der Waals surface area (Å²) in [5.74, 6) is 0. The quantitative estimate of drug-likeness (QED) is 0.559. The van der Waals surface area contributed by atoms with Crippen LogP contribution in [0.5, 0.6) is 0 Å². The maximum absolute atomic E-state index is 3.12. The molecular formula is C8H11N. The minimum absolute atomic E-state index is 1.05. The van der Waals surface area contributed by atoms with E-state index in [2.05, 4.69) is 17.5 Å². The molecule has 1 heterocycles. The van der Waals surface area contributed by atoms with Gasteiger partial charge in [-0.3, -0.25) is 0 Å². The van der Waals surface area contributed by atoms with E-state index in [-0.39, 0.29) is 0 Å². The first-order chi connectivity index (χ1) is 4.43. The van der Waals surface area contributed by atoms with E-state index in [4.69, 9.17) is 0 Å². The molecule has 0 saturated heterocycles. The predicted molar refractivity (Wildman–Crippen MR) is 39.8 cm³/mol. The summed E-state index contributed by atoms with van der Waals surface area (Å²) in [5.41, 5.74) is 1.27. The van der Waals surface area contributed by atoms with Gasteiger partial charge in [0.05, 0.1) is 0 Å². The Balaban J connectivity index is 2.43. The van der Waals surface area contributed by atoms with Crippen LogP contribution in [0.15, 0.2) is 36.2 Å². The second kappa shape index (κ2) is 3.13. The van der Waals surface area contributed by atoms with Gasteiger partial charge in [-0.05, 0) is 19.2 Å². The van der Waals surface area contributed by atoms with E-state index in [9.17, 15) is 0 Å². The molecule has 0 aromatic rings. The third-order valence-corrected chi connectivity index (χ3v) is 1.21. The minimum atomic E-state index is 1.05. The Morgan fingerprint density at radius 1 is 1.67 bits per heavy atom. The molecule has 0 aromatic carbocycles. The van der Waals surface area contributed by atoms with Crippen molar-refractivity contribution in [2.45, 2.75) is 13.3 Å². The summed E-state index contributed by atoms with van der Waals surface area (Å²) in [5, 5.41) is 3.12. The van der Waals surface area contributed by atoms with Gasteiger partial charge in [-0.1, -0.05) is 18.2 Å². The second-order valence-corrected chi connectivity index (χ2v) is 1.97. The molecule has 1 aliphatic heterocycles. The second-order valence-electron chi connectivity index (χ2n) is 1.97. The Morgan fingerprint density at radius 3 is 3.11 bits per heavy atom. The van der Waals surface area contributed by atoms with Crippen LogP contribution in [0.25, 0.3) is 0 Å². The fourth-order valence-corrected chi connectivity index (χ4v) is 0.739. The van der Waals surface area contributed by atoms with Crippen LogP contribution in [-0.4, -0.2) is 0 Å². The van der Waals surface area contributed by atoms with Crippen LogP contribution in [0.2, 0.25) is 0 Å². The van der Waals surface area contributed by atoms with Crippen molar-refractivity contribution in [1.29, 1.82) is 0 Å². The highest BCUT2D eigenvalue weighted by Gasteiger charge is 1.93. The Kier molecular flexibility index (Phi) is 2.13. The molecular weight excluding hydrogens is 110 g/mol. The summed E-state index contributed by atoms with van der Waals surface area (Å²) in [7, 11) is 0. The van der Waals surface area contributed by atoms with Crippen LogP contribution < -0.4 is 5.32 Å². The highest BCUT2D eigenvalue weighted by molar-refractivity contribution is 5.19. The summed E-state index contributed by atoms with van der Waals surface area (Å²) in [6.45, 7) is 2.01. The van der Waals surface area contributed by atoms with Crippen LogP contribution >= 0.6 is 0 Å². The fourth-order valence-electron chi connectivity index (χ4n) is 0.739. The Labute approximate surface area is 55.8 Å². The van der Waals surface area contributed by atoms with Gasteiger partial charge in [0.2, 0.25) is 0 Å². The first-order valence-corrected chi connectivity index (χ1v) is 3.17. The third-order valence-electron chi connectivity index (χ3n) is 1.21. The van der Waals surface area contributed by atoms with Crippen molar-refractivity contribution in [3.05, 3.63) is 36.2 Å². The van der Waals surface area contributed by atoms with Gasteiger partial charge in [-0.15, -0.1) is 0 Å². The standard InChI is InChI=1S/C8H11N/c1-2-3-5-8-6-4-7-9-8/h2-5,7,9H,6H2,1H3/b3-2-,8-5+. The monoisotopic (exact) mass is 121 g/mol. The van der Waals surface area contributed by atoms with Gasteiger partial charge in [0.15, 0.2) is 0 Å². The molecule has 0 bridgehead atoms. The van der Waals surface area contributed by atoms with E-state index in [1.807, 2.05) is 25.3 Å². The lowest BCUT2D eigenvalue weighted by molar-refractivity contribution is 1.07. The number of nitrogens with one attached hydrogen (secondary N) is 1. The zero-order valence-corrected chi connectivity index (χ0v) is 5.59. The normalized spacial score (nSPS) is 21.7. The minimum Gasteiger partial charge on any atom is -0.365 e. The van der Waals surface area contributed by atoms with Gasteiger partial charge in [0.1, 0.15) is 0 Å². The summed E-state index contributed by atoms with van der Waals surface area (Å²) in [6.07, 6.45) is 11.3. The largest absolute Gasteiger partial charge is 0.365 e. The van der Waals surface area contributed by atoms with Crippen molar-refractivity contribution >= 4 is 0 Å². The van der Waals surface area contributed by atoms with Gasteiger partial charge in [-0.25, -0.2) is 0 Å². The van der Waals surface area contributed by atoms with E-state index in [0.717, 1.165) is 6.42 Å². The van der Waals surface area contributed by atoms with Crippen LogP contribution in [0, 0.1) is 0 Å². The molecule has 0 unspecified atom stereocenters. The molecule has 0 spiro atoms. The van der Waals surface area contributed by atoms with Crippen molar-refractivity contribution in [3.63, 3.8) is 0 Å². The number of rotatable bonds is 1. The molecule has 48 valence electrons. The van der Waals surface area contributed by atoms with E-state index in [0.29, 0.717) is 0 Å². The van der Waals surface area contributed by atoms with Crippen molar-refractivity contribution in [3.8, 4) is 0 Å². The Morgan fingerprint density at radius 2 is 2.56 bits per heavy atom. The molecule has 0 fully saturated rings. The lowest BCUT2D eigenvalue weighted by Gasteiger charge is -1.92. The lowest BCUT2D eigenvalue weighted by Crippen LogP contribution is -1.95. The van der Waals surface area contributed by atoms with Crippen molar-refractivity contribution in [2.75, 3.05) is 0 Å². The Hall–Kier alpha value is -0.980. The predicted octanol–water partition coefficient (Wildman–Crippen LogP) is 1.95. The van der Waals surface area contributed by atoms with E-state index < -0.39 is 0 Å². The molecule has 1 aliphatic rings. The highest BCUT2D eigenvalue weighted by Crippen LogP contribution is 2.04. The van der Waals surface area contributed by atoms with Gasteiger partial charge < -0.3 is 5.32 Å². The van der Waals surface area contributed by atoms with E-state index >= 15 is 0 Å². The molecule has 9 heavy (non-hydrogen) atoms. The molecule has 1 nitrogen and oxygen atoms in total. The number of allylic oxidation sites excluding steroid dienone is 4. The zero-order valence-electron chi connectivity index (χ0n) is 5.59. The topological polar surface area (TPSA) is 12.0 Å². The van der Waals surface area contributed by atoms with E-state index in [1.54, 1.807) is 0 Å². The first-order valence-electron chi connectivity index (χ1n) is 3.17. The third kappa shape index (κ3) is 1.76. The summed E-state index contributed by atoms with van der Waals surface area (Å²) < 4.78 is 0. The fraction of sp³-hybridized carbons (Fsp3) is 0.250. The molecule has 0 saturated carbocycles. The van der Waals surface area contributed by atoms with Gasteiger partial charge >= 0.3 is 0 Å². The maximum Gasteiger partial charge on any atom is 0.0185 e. The van der Waals surface area contributed by atoms with Crippen LogP contribution in [0.3, 0.4) is 0 Å². The highest BCUT2D eigenvalue weighted by atomic mass is 14.9. The summed E-state index contributed by atoms with van der Waals surface area (Å²) in [6, 6.07) is 0. The molecule has 1 N–H and O–H groups in total. The van der Waals surface area contributed by atoms with Crippen molar-refractivity contribution in [2.24, 2.45) is 0 Å². The maximum atomic E-state index is 3.12. The average Bonchev–Trinajstić information content (AvgIpc) is 2.34. The molecule has 0 radical (unpaired) electrons. The molecule has 1 heteroatoms. The molecule has 0 amide bonds. The van der Waals surface area contributed by atoms with E-state index in [1.165, 1.54) is 5.70 Å². The lowest BCUT2D eigenvalue weighted by atomic mass is 10.3. The van der Waals surface area contributed by atoms with Crippen LogP contribution in [0.1, 0.15) is 13.3 Å². The number of hydrogen-bond acceptors (Lipinski definition) is 1. The van der Waals surface area contributed by atoms with Crippen molar-refractivity contribution in [1.82, 2.24) is 5.32 Å². The van der Waals surface area contributed by atoms with Gasteiger partial charge in [-0.2, -0.15) is 0 Å². The SMILES string of the molecule is C/C=C\C=C1/CC=CN1. The van der Waals surface area contributed by atoms with Crippen molar-refractivity contribution < 1.29 is 0 Å². The van der Waals surface area contributed by atoms with Crippen LogP contribution in [-0.2, 0) is 0 Å². The van der Waals surface area contributed by atoms with Crippen LogP contribution in [0.4, 0.5) is 0 Å². The molecule has 0 aliphatic carbocycles. The molecule has 1 rings (SSSR count). The first kappa shape index (κ1) is 6.14. The molecule has 0 aromatic heterocycles. The molecule has 0 atom stereocenters. The smallest absolute Gasteiger partial charge is 0.0185 e. The number of hydrogen-bond donors (Lipinski definition) is 1. The summed E-state index contributed by atoms with van der Waals surface area (Å²) >= 11 is 0. The zero-order chi connectivity index (χ0) is 6.53. The van der Waals surface area contributed by atoms with Gasteiger partial charge in [0.25, 0.3) is 0 Å². The summed E-state index contributed by atoms with van der Waals surface area (Å²) in [4.78, 5) is 0. The average molecular weight is 121 g/mol.